The number of aromatic nitrogens is 3. The van der Waals surface area contributed by atoms with Crippen molar-refractivity contribution in [3.63, 3.8) is 0 Å². The maximum absolute atomic E-state index is 13.7. The van der Waals surface area contributed by atoms with E-state index in [-0.39, 0.29) is 28.5 Å². The van der Waals surface area contributed by atoms with Gasteiger partial charge in [0.1, 0.15) is 5.69 Å². The van der Waals surface area contributed by atoms with Gasteiger partial charge in [-0.15, -0.1) is 0 Å². The number of nitrogens with zero attached hydrogens (tertiary/aromatic N) is 3. The Labute approximate surface area is 260 Å². The zero-order valence-corrected chi connectivity index (χ0v) is 25.9. The number of esters is 1. The smallest absolute Gasteiger partial charge is 0.356 e. The van der Waals surface area contributed by atoms with E-state index < -0.39 is 28.0 Å². The number of carbonyl (C=O) groups excluding carboxylic acids is 2. The van der Waals surface area contributed by atoms with Gasteiger partial charge in [0, 0.05) is 35.6 Å². The number of ether oxygens (including phenoxy) is 1. The van der Waals surface area contributed by atoms with Gasteiger partial charge >= 0.3 is 5.97 Å². The van der Waals surface area contributed by atoms with E-state index in [1.165, 1.54) is 42.1 Å². The monoisotopic (exact) mass is 625 g/mol. The standard InChI is InChI=1S/C33H31N5O6S/c1-5-27(30(39)36-23-14-16-24(17-15-23)45(42,43)37-33-34-19-18-21(3)35-33)44-32(41)29-28(22-12-10-20(2)11-13-22)25-8-6-7-9-26(25)31(40)38(29)4/h6-19,27H,5H2,1-4H3,(H,36,39)(H,34,35,37). The Hall–Kier alpha value is -5.36. The second-order valence-electron chi connectivity index (χ2n) is 10.4. The van der Waals surface area contributed by atoms with Gasteiger partial charge in [-0.25, -0.2) is 27.9 Å². The van der Waals surface area contributed by atoms with Crippen molar-refractivity contribution in [2.45, 2.75) is 38.2 Å². The first kappa shape index (κ1) is 31.1. The third-order valence-corrected chi connectivity index (χ3v) is 8.55. The minimum absolute atomic E-state index is 0.0217. The summed E-state index contributed by atoms with van der Waals surface area (Å²) >= 11 is 0. The van der Waals surface area contributed by atoms with E-state index in [9.17, 15) is 22.8 Å². The van der Waals surface area contributed by atoms with Crippen LogP contribution >= 0.6 is 0 Å². The fourth-order valence-corrected chi connectivity index (χ4v) is 5.79. The molecule has 2 N–H and O–H groups in total. The van der Waals surface area contributed by atoms with Gasteiger partial charge in [-0.1, -0.05) is 55.0 Å². The minimum atomic E-state index is -3.98. The van der Waals surface area contributed by atoms with Crippen molar-refractivity contribution in [1.82, 2.24) is 14.5 Å². The van der Waals surface area contributed by atoms with Crippen molar-refractivity contribution < 1.29 is 22.7 Å². The molecule has 11 nitrogen and oxygen atoms in total. The molecule has 0 saturated carbocycles. The van der Waals surface area contributed by atoms with Crippen molar-refractivity contribution in [3.8, 4) is 11.1 Å². The molecule has 2 heterocycles. The zero-order chi connectivity index (χ0) is 32.3. The maximum atomic E-state index is 13.7. The van der Waals surface area contributed by atoms with Gasteiger partial charge < -0.3 is 14.6 Å². The van der Waals surface area contributed by atoms with Crippen molar-refractivity contribution in [1.29, 1.82) is 0 Å². The third-order valence-electron chi connectivity index (χ3n) is 7.20. The number of carbonyl (C=O) groups is 2. The van der Waals surface area contributed by atoms with Crippen LogP contribution in [-0.2, 0) is 26.6 Å². The van der Waals surface area contributed by atoms with Gasteiger partial charge in [0.05, 0.1) is 4.90 Å². The van der Waals surface area contributed by atoms with Crippen LogP contribution in [0.25, 0.3) is 21.9 Å². The predicted molar refractivity (Wildman–Crippen MR) is 172 cm³/mol. The summed E-state index contributed by atoms with van der Waals surface area (Å²) in [4.78, 5) is 48.1. The molecule has 0 aliphatic rings. The molecular formula is C33H31N5O6S. The molecule has 0 bridgehead atoms. The van der Waals surface area contributed by atoms with Crippen LogP contribution < -0.4 is 15.6 Å². The summed E-state index contributed by atoms with van der Waals surface area (Å²) in [5.41, 5.74) is 2.81. The molecule has 0 radical (unpaired) electrons. The van der Waals surface area contributed by atoms with Crippen LogP contribution in [-0.4, -0.2) is 40.9 Å². The van der Waals surface area contributed by atoms with Gasteiger partial charge in [-0.3, -0.25) is 9.59 Å². The molecule has 1 atom stereocenters. The van der Waals surface area contributed by atoms with Crippen LogP contribution in [0.3, 0.4) is 0 Å². The summed E-state index contributed by atoms with van der Waals surface area (Å²) in [6.45, 7) is 5.35. The number of fused-ring (bicyclic) bond motifs is 1. The highest BCUT2D eigenvalue weighted by atomic mass is 32.2. The Morgan fingerprint density at radius 2 is 1.60 bits per heavy atom. The molecule has 0 aliphatic heterocycles. The molecule has 0 saturated heterocycles. The Bertz CT molecular complexity index is 2070. The summed E-state index contributed by atoms with van der Waals surface area (Å²) < 4.78 is 34.8. The van der Waals surface area contributed by atoms with Crippen molar-refractivity contribution >= 4 is 44.3 Å². The summed E-state index contributed by atoms with van der Waals surface area (Å²) in [6, 6.07) is 21.7. The number of benzene rings is 3. The summed E-state index contributed by atoms with van der Waals surface area (Å²) in [5.74, 6) is -1.51. The van der Waals surface area contributed by atoms with Crippen molar-refractivity contribution in [2.75, 3.05) is 10.0 Å². The van der Waals surface area contributed by atoms with Gasteiger partial charge in [0.25, 0.3) is 21.5 Å². The molecule has 0 spiro atoms. The summed E-state index contributed by atoms with van der Waals surface area (Å²) in [6.07, 6.45) is 0.387. The number of anilines is 2. The van der Waals surface area contributed by atoms with E-state index >= 15 is 0 Å². The predicted octanol–water partition coefficient (Wildman–Crippen LogP) is 4.99. The number of nitrogens with one attached hydrogen (secondary N) is 2. The normalized spacial score (nSPS) is 12.0. The molecule has 1 amide bonds. The highest BCUT2D eigenvalue weighted by Gasteiger charge is 2.28. The SMILES string of the molecule is CCC(OC(=O)c1c(-c2ccc(C)cc2)c2ccccc2c(=O)n1C)C(=O)Nc1ccc(S(=O)(=O)Nc2nccc(C)n2)cc1. The number of aryl methyl sites for hydroxylation is 2. The fourth-order valence-electron chi connectivity index (χ4n) is 4.84. The quantitative estimate of drug-likeness (QED) is 0.218. The van der Waals surface area contributed by atoms with E-state index in [0.29, 0.717) is 27.7 Å². The maximum Gasteiger partial charge on any atom is 0.356 e. The Morgan fingerprint density at radius 1 is 0.933 bits per heavy atom. The Kier molecular flexibility index (Phi) is 8.77. The Balaban J connectivity index is 1.38. The lowest BCUT2D eigenvalue weighted by molar-refractivity contribution is -0.124. The summed E-state index contributed by atoms with van der Waals surface area (Å²) in [7, 11) is -2.48. The average Bonchev–Trinajstić information content (AvgIpc) is 3.02. The first-order valence-electron chi connectivity index (χ1n) is 14.1. The highest BCUT2D eigenvalue weighted by Crippen LogP contribution is 2.31. The number of hydrogen-bond donors (Lipinski definition) is 2. The zero-order valence-electron chi connectivity index (χ0n) is 25.1. The lowest BCUT2D eigenvalue weighted by atomic mass is 9.96. The van der Waals surface area contributed by atoms with E-state index in [1.54, 1.807) is 44.2 Å². The number of pyridine rings is 1. The van der Waals surface area contributed by atoms with Crippen LogP contribution in [0.1, 0.15) is 35.1 Å². The topological polar surface area (TPSA) is 149 Å². The van der Waals surface area contributed by atoms with Gasteiger partial charge in [-0.2, -0.15) is 0 Å². The molecule has 1 unspecified atom stereocenters. The van der Waals surface area contributed by atoms with Crippen molar-refractivity contribution in [2.24, 2.45) is 7.05 Å². The molecule has 0 fully saturated rings. The van der Waals surface area contributed by atoms with E-state index in [1.807, 2.05) is 31.2 Å². The largest absolute Gasteiger partial charge is 0.448 e. The number of amides is 1. The second kappa shape index (κ2) is 12.7. The lowest BCUT2D eigenvalue weighted by Gasteiger charge is -2.20. The van der Waals surface area contributed by atoms with E-state index in [0.717, 1.165) is 11.1 Å². The number of hydrogen-bond acceptors (Lipinski definition) is 8. The third kappa shape index (κ3) is 6.60. The van der Waals surface area contributed by atoms with Crippen LogP contribution in [0.4, 0.5) is 11.6 Å². The first-order valence-corrected chi connectivity index (χ1v) is 15.6. The molecule has 230 valence electrons. The van der Waals surface area contributed by atoms with Crippen LogP contribution in [0.5, 0.6) is 0 Å². The average molecular weight is 626 g/mol. The van der Waals surface area contributed by atoms with E-state index in [4.69, 9.17) is 4.74 Å². The van der Waals surface area contributed by atoms with E-state index in [2.05, 4.69) is 20.0 Å². The van der Waals surface area contributed by atoms with Gasteiger partial charge in [0.2, 0.25) is 5.95 Å². The molecule has 0 aliphatic carbocycles. The van der Waals surface area contributed by atoms with Crippen molar-refractivity contribution in [3.05, 3.63) is 112 Å². The van der Waals surface area contributed by atoms with Crippen LogP contribution in [0.15, 0.2) is 94.7 Å². The number of rotatable bonds is 9. The Morgan fingerprint density at radius 3 is 2.24 bits per heavy atom. The second-order valence-corrected chi connectivity index (χ2v) is 12.1. The molecule has 2 aromatic heterocycles. The first-order chi connectivity index (χ1) is 21.5. The minimum Gasteiger partial charge on any atom is -0.448 e. The van der Waals surface area contributed by atoms with Gasteiger partial charge in [-0.05, 0) is 67.6 Å². The molecule has 5 aromatic rings. The van der Waals surface area contributed by atoms with Crippen LogP contribution in [0.2, 0.25) is 0 Å². The highest BCUT2D eigenvalue weighted by molar-refractivity contribution is 7.92. The molecule has 12 heteroatoms. The summed E-state index contributed by atoms with van der Waals surface area (Å²) in [5, 5.41) is 3.71. The molecule has 45 heavy (non-hydrogen) atoms. The molecule has 5 rings (SSSR count). The van der Waals surface area contributed by atoms with Gasteiger partial charge in [0.15, 0.2) is 6.10 Å². The molecular weight excluding hydrogens is 594 g/mol. The molecule has 3 aromatic carbocycles. The number of sulfonamides is 1. The lowest BCUT2D eigenvalue weighted by Crippen LogP contribution is -2.34. The fraction of sp³-hybridized carbons (Fsp3) is 0.182. The van der Waals surface area contributed by atoms with Crippen LogP contribution in [0, 0.1) is 13.8 Å².